The van der Waals surface area contributed by atoms with Crippen LogP contribution in [0.5, 0.6) is 0 Å². The molecule has 0 aromatic carbocycles. The first-order chi connectivity index (χ1) is 6.22. The number of carbonyl (C=O) groups excluding carboxylic acids is 1. The van der Waals surface area contributed by atoms with Crippen molar-refractivity contribution in [2.24, 2.45) is 5.73 Å². The van der Waals surface area contributed by atoms with Crippen LogP contribution >= 0.6 is 0 Å². The SMILES string of the molecule is C=Cn1cc(CNCC(N)=O)cn1. The third-order valence-corrected chi connectivity index (χ3v) is 1.47. The van der Waals surface area contributed by atoms with Crippen molar-refractivity contribution in [3.8, 4) is 0 Å². The van der Waals surface area contributed by atoms with E-state index in [1.165, 1.54) is 0 Å². The maximum Gasteiger partial charge on any atom is 0.231 e. The van der Waals surface area contributed by atoms with E-state index in [0.29, 0.717) is 6.54 Å². The zero-order chi connectivity index (χ0) is 9.68. The predicted molar refractivity (Wildman–Crippen MR) is 49.5 cm³/mol. The molecule has 1 aromatic rings. The molecule has 0 aliphatic heterocycles. The normalized spacial score (nSPS) is 9.85. The van der Waals surface area contributed by atoms with Crippen molar-refractivity contribution in [2.45, 2.75) is 6.54 Å². The minimum atomic E-state index is -0.365. The number of amides is 1. The van der Waals surface area contributed by atoms with Crippen LogP contribution in [0.15, 0.2) is 19.0 Å². The van der Waals surface area contributed by atoms with Crippen molar-refractivity contribution >= 4 is 12.1 Å². The summed E-state index contributed by atoms with van der Waals surface area (Å²) in [5.74, 6) is -0.365. The fourth-order valence-electron chi connectivity index (χ4n) is 0.899. The maximum atomic E-state index is 10.4. The fraction of sp³-hybridized carbons (Fsp3) is 0.250. The van der Waals surface area contributed by atoms with Gasteiger partial charge in [-0.3, -0.25) is 4.79 Å². The lowest BCUT2D eigenvalue weighted by Gasteiger charge is -1.97. The predicted octanol–water partition coefficient (Wildman–Crippen LogP) is -0.442. The fourth-order valence-corrected chi connectivity index (χ4v) is 0.899. The van der Waals surface area contributed by atoms with E-state index in [0.717, 1.165) is 5.56 Å². The molecule has 1 amide bonds. The van der Waals surface area contributed by atoms with Crippen LogP contribution in [0.2, 0.25) is 0 Å². The van der Waals surface area contributed by atoms with E-state index in [9.17, 15) is 4.79 Å². The third kappa shape index (κ3) is 3.08. The second kappa shape index (κ2) is 4.42. The van der Waals surface area contributed by atoms with Crippen LogP contribution in [0.4, 0.5) is 0 Å². The molecular formula is C8H12N4O. The smallest absolute Gasteiger partial charge is 0.231 e. The first-order valence-corrected chi connectivity index (χ1v) is 3.87. The Morgan fingerprint density at radius 3 is 3.15 bits per heavy atom. The molecule has 70 valence electrons. The standard InChI is InChI=1S/C8H12N4O/c1-2-12-6-7(4-11-12)3-10-5-8(9)13/h2,4,6,10H,1,3,5H2,(H2,9,13). The molecule has 0 aliphatic carbocycles. The van der Waals surface area contributed by atoms with E-state index in [-0.39, 0.29) is 12.5 Å². The molecule has 0 unspecified atom stereocenters. The molecule has 0 saturated carbocycles. The number of aromatic nitrogens is 2. The molecule has 0 radical (unpaired) electrons. The highest BCUT2D eigenvalue weighted by atomic mass is 16.1. The van der Waals surface area contributed by atoms with E-state index < -0.39 is 0 Å². The van der Waals surface area contributed by atoms with Gasteiger partial charge in [-0.15, -0.1) is 0 Å². The Hall–Kier alpha value is -1.62. The number of nitrogens with two attached hydrogens (primary N) is 1. The molecule has 5 heteroatoms. The first-order valence-electron chi connectivity index (χ1n) is 3.87. The molecule has 0 aliphatic rings. The first kappa shape index (κ1) is 9.47. The molecule has 1 heterocycles. The van der Waals surface area contributed by atoms with E-state index in [4.69, 9.17) is 5.73 Å². The molecule has 0 atom stereocenters. The lowest BCUT2D eigenvalue weighted by molar-refractivity contribution is -0.117. The van der Waals surface area contributed by atoms with Crippen molar-refractivity contribution in [1.29, 1.82) is 0 Å². The lowest BCUT2D eigenvalue weighted by Crippen LogP contribution is -2.27. The van der Waals surface area contributed by atoms with Gasteiger partial charge in [-0.1, -0.05) is 6.58 Å². The zero-order valence-electron chi connectivity index (χ0n) is 7.23. The van der Waals surface area contributed by atoms with Gasteiger partial charge < -0.3 is 11.1 Å². The number of nitrogens with one attached hydrogen (secondary N) is 1. The minimum absolute atomic E-state index is 0.180. The van der Waals surface area contributed by atoms with E-state index in [1.54, 1.807) is 17.1 Å². The summed E-state index contributed by atoms with van der Waals surface area (Å²) in [5, 5.41) is 6.85. The number of hydrogen-bond donors (Lipinski definition) is 2. The minimum Gasteiger partial charge on any atom is -0.369 e. The van der Waals surface area contributed by atoms with Gasteiger partial charge >= 0.3 is 0 Å². The van der Waals surface area contributed by atoms with Gasteiger partial charge in [-0.05, 0) is 0 Å². The number of rotatable bonds is 5. The van der Waals surface area contributed by atoms with Crippen molar-refractivity contribution in [1.82, 2.24) is 15.1 Å². The highest BCUT2D eigenvalue weighted by Crippen LogP contribution is 1.96. The van der Waals surface area contributed by atoms with Gasteiger partial charge in [0, 0.05) is 24.5 Å². The monoisotopic (exact) mass is 180 g/mol. The molecule has 1 aromatic heterocycles. The second-order valence-corrected chi connectivity index (χ2v) is 2.58. The molecule has 0 fully saturated rings. The Morgan fingerprint density at radius 1 is 1.85 bits per heavy atom. The number of nitrogens with zero attached hydrogens (tertiary/aromatic N) is 2. The molecule has 5 nitrogen and oxygen atoms in total. The number of primary amides is 1. The van der Waals surface area contributed by atoms with Crippen molar-refractivity contribution < 1.29 is 4.79 Å². The van der Waals surface area contributed by atoms with Crippen molar-refractivity contribution in [2.75, 3.05) is 6.54 Å². The Bertz CT molecular complexity index is 305. The quantitative estimate of drug-likeness (QED) is 0.645. The largest absolute Gasteiger partial charge is 0.369 e. The molecule has 0 saturated heterocycles. The summed E-state index contributed by atoms with van der Waals surface area (Å²) in [7, 11) is 0. The number of hydrogen-bond acceptors (Lipinski definition) is 3. The van der Waals surface area contributed by atoms with Gasteiger partial charge in [0.1, 0.15) is 0 Å². The van der Waals surface area contributed by atoms with Crippen LogP contribution < -0.4 is 11.1 Å². The molecular weight excluding hydrogens is 168 g/mol. The Morgan fingerprint density at radius 2 is 2.62 bits per heavy atom. The van der Waals surface area contributed by atoms with Gasteiger partial charge in [-0.2, -0.15) is 5.10 Å². The average molecular weight is 180 g/mol. The van der Waals surface area contributed by atoms with E-state index in [2.05, 4.69) is 17.0 Å². The second-order valence-electron chi connectivity index (χ2n) is 2.58. The van der Waals surface area contributed by atoms with Gasteiger partial charge in [0.25, 0.3) is 0 Å². The molecule has 0 spiro atoms. The van der Waals surface area contributed by atoms with Crippen LogP contribution in [-0.2, 0) is 11.3 Å². The highest BCUT2D eigenvalue weighted by molar-refractivity contribution is 5.75. The summed E-state index contributed by atoms with van der Waals surface area (Å²) in [6.45, 7) is 4.32. The third-order valence-electron chi connectivity index (χ3n) is 1.47. The molecule has 0 bridgehead atoms. The zero-order valence-corrected chi connectivity index (χ0v) is 7.23. The van der Waals surface area contributed by atoms with E-state index in [1.807, 2.05) is 6.20 Å². The summed E-state index contributed by atoms with van der Waals surface area (Å²) >= 11 is 0. The molecule has 13 heavy (non-hydrogen) atoms. The van der Waals surface area contributed by atoms with Crippen molar-refractivity contribution in [3.63, 3.8) is 0 Å². The molecule has 1 rings (SSSR count). The van der Waals surface area contributed by atoms with Crippen LogP contribution in [0.3, 0.4) is 0 Å². The summed E-state index contributed by atoms with van der Waals surface area (Å²) in [6, 6.07) is 0. The van der Waals surface area contributed by atoms with Crippen LogP contribution in [-0.4, -0.2) is 22.2 Å². The number of carbonyl (C=O) groups is 1. The highest BCUT2D eigenvalue weighted by Gasteiger charge is 1.97. The molecule has 3 N–H and O–H groups in total. The van der Waals surface area contributed by atoms with Gasteiger partial charge in [-0.25, -0.2) is 4.68 Å². The maximum absolute atomic E-state index is 10.4. The van der Waals surface area contributed by atoms with Crippen LogP contribution in [0, 0.1) is 0 Å². The van der Waals surface area contributed by atoms with Gasteiger partial charge in [0.05, 0.1) is 12.7 Å². The average Bonchev–Trinajstić information content (AvgIpc) is 2.52. The summed E-state index contributed by atoms with van der Waals surface area (Å²) in [4.78, 5) is 10.4. The summed E-state index contributed by atoms with van der Waals surface area (Å²) < 4.78 is 1.60. The van der Waals surface area contributed by atoms with Crippen LogP contribution in [0.25, 0.3) is 6.20 Å². The van der Waals surface area contributed by atoms with Crippen LogP contribution in [0.1, 0.15) is 5.56 Å². The Balaban J connectivity index is 2.36. The topological polar surface area (TPSA) is 72.9 Å². The van der Waals surface area contributed by atoms with E-state index >= 15 is 0 Å². The van der Waals surface area contributed by atoms with Gasteiger partial charge in [0.15, 0.2) is 0 Å². The summed E-state index contributed by atoms with van der Waals surface area (Å²) in [6.07, 6.45) is 5.12. The Kier molecular flexibility index (Phi) is 3.22. The van der Waals surface area contributed by atoms with Crippen molar-refractivity contribution in [3.05, 3.63) is 24.5 Å². The summed E-state index contributed by atoms with van der Waals surface area (Å²) in [5.41, 5.74) is 5.94. The Labute approximate surface area is 76.2 Å². The van der Waals surface area contributed by atoms with Gasteiger partial charge in [0.2, 0.25) is 5.91 Å². The lowest BCUT2D eigenvalue weighted by atomic mass is 10.3.